The van der Waals surface area contributed by atoms with Crippen molar-refractivity contribution in [2.75, 3.05) is 13.7 Å². The second-order valence-corrected chi connectivity index (χ2v) is 5.37. The number of carboxylic acids is 1. The minimum Gasteiger partial charge on any atom is -0.481 e. The first kappa shape index (κ1) is 15.5. The Morgan fingerprint density at radius 2 is 2.14 bits per heavy atom. The number of nitrogens with one attached hydrogen (secondary N) is 1. The topological polar surface area (TPSA) is 93.5 Å². The lowest BCUT2D eigenvalue weighted by atomic mass is 10.2. The molecule has 7 heteroatoms. The summed E-state index contributed by atoms with van der Waals surface area (Å²) in [5, 5.41) is 16.1. The van der Waals surface area contributed by atoms with Crippen LogP contribution < -0.4 is 5.32 Å². The van der Waals surface area contributed by atoms with E-state index in [1.807, 2.05) is 18.5 Å². The fourth-order valence-corrected chi connectivity index (χ4v) is 2.45. The van der Waals surface area contributed by atoms with Crippen LogP contribution in [0.15, 0.2) is 0 Å². The maximum Gasteiger partial charge on any atom is 0.307 e. The van der Waals surface area contributed by atoms with Crippen LogP contribution in [-0.4, -0.2) is 40.5 Å². The number of ether oxygens (including phenoxy) is 1. The van der Waals surface area contributed by atoms with Gasteiger partial charge in [-0.15, -0.1) is 0 Å². The van der Waals surface area contributed by atoms with E-state index in [1.165, 1.54) is 0 Å². The molecule has 116 valence electrons. The van der Waals surface area contributed by atoms with Crippen LogP contribution in [0.3, 0.4) is 0 Å². The van der Waals surface area contributed by atoms with Crippen LogP contribution >= 0.6 is 0 Å². The molecule has 2 atom stereocenters. The third-order valence-corrected chi connectivity index (χ3v) is 3.92. The molecule has 1 heterocycles. The summed E-state index contributed by atoms with van der Waals surface area (Å²) in [5.74, 6) is -1.98. The molecule has 0 unspecified atom stereocenters. The lowest BCUT2D eigenvalue weighted by molar-refractivity contribution is -0.140. The second-order valence-electron chi connectivity index (χ2n) is 5.37. The van der Waals surface area contributed by atoms with Gasteiger partial charge in [0.25, 0.3) is 0 Å². The van der Waals surface area contributed by atoms with Gasteiger partial charge in [-0.1, -0.05) is 0 Å². The normalized spacial score (nSPS) is 20.3. The molecule has 0 bridgehead atoms. The monoisotopic (exact) mass is 295 g/mol. The summed E-state index contributed by atoms with van der Waals surface area (Å²) >= 11 is 0. The van der Waals surface area contributed by atoms with Gasteiger partial charge in [-0.25, -0.2) is 0 Å². The number of nitrogens with zero attached hydrogens (tertiary/aromatic N) is 2. The molecule has 0 saturated heterocycles. The number of methoxy groups -OCH3 is 1. The smallest absolute Gasteiger partial charge is 0.307 e. The number of aliphatic carboxylic acids is 1. The molecular weight excluding hydrogens is 274 g/mol. The van der Waals surface area contributed by atoms with Crippen molar-refractivity contribution in [2.24, 2.45) is 11.8 Å². The molecule has 1 aliphatic rings. The van der Waals surface area contributed by atoms with Gasteiger partial charge in [0.2, 0.25) is 5.91 Å². The van der Waals surface area contributed by atoms with Gasteiger partial charge < -0.3 is 15.2 Å². The Kier molecular flexibility index (Phi) is 4.62. The molecule has 1 fully saturated rings. The third-order valence-electron chi connectivity index (χ3n) is 3.92. The highest BCUT2D eigenvalue weighted by Gasteiger charge is 2.48. The van der Waals surface area contributed by atoms with Crippen LogP contribution in [0.4, 0.5) is 0 Å². The molecule has 2 rings (SSSR count). The first-order valence-corrected chi connectivity index (χ1v) is 6.98. The molecule has 1 saturated carbocycles. The zero-order chi connectivity index (χ0) is 15.6. The predicted molar refractivity (Wildman–Crippen MR) is 74.7 cm³/mol. The third kappa shape index (κ3) is 3.41. The number of amides is 1. The molecule has 1 aliphatic carbocycles. The number of aryl methyl sites for hydroxylation is 1. The first-order chi connectivity index (χ1) is 9.95. The number of hydrogen-bond donors (Lipinski definition) is 2. The minimum atomic E-state index is -0.894. The molecule has 7 nitrogen and oxygen atoms in total. The molecule has 21 heavy (non-hydrogen) atoms. The van der Waals surface area contributed by atoms with Crippen LogP contribution in [0.25, 0.3) is 0 Å². The molecule has 1 amide bonds. The van der Waals surface area contributed by atoms with Gasteiger partial charge in [0.05, 0.1) is 30.7 Å². The van der Waals surface area contributed by atoms with Crippen molar-refractivity contribution in [3.8, 4) is 0 Å². The van der Waals surface area contributed by atoms with Crippen molar-refractivity contribution in [3.63, 3.8) is 0 Å². The molecule has 0 aromatic carbocycles. The summed E-state index contributed by atoms with van der Waals surface area (Å²) in [4.78, 5) is 22.6. The Morgan fingerprint density at radius 1 is 1.43 bits per heavy atom. The van der Waals surface area contributed by atoms with E-state index in [2.05, 4.69) is 10.4 Å². The summed E-state index contributed by atoms with van der Waals surface area (Å²) in [7, 11) is 1.64. The summed E-state index contributed by atoms with van der Waals surface area (Å²) < 4.78 is 6.89. The van der Waals surface area contributed by atoms with Crippen molar-refractivity contribution in [1.29, 1.82) is 0 Å². The van der Waals surface area contributed by atoms with Crippen LogP contribution in [-0.2, 0) is 27.4 Å². The van der Waals surface area contributed by atoms with E-state index in [0.29, 0.717) is 26.1 Å². The van der Waals surface area contributed by atoms with E-state index in [4.69, 9.17) is 9.84 Å². The van der Waals surface area contributed by atoms with E-state index in [0.717, 1.165) is 17.0 Å². The van der Waals surface area contributed by atoms with Crippen LogP contribution in [0.2, 0.25) is 0 Å². The minimum absolute atomic E-state index is 0.189. The molecule has 0 spiro atoms. The van der Waals surface area contributed by atoms with Crippen molar-refractivity contribution >= 4 is 11.9 Å². The van der Waals surface area contributed by atoms with Gasteiger partial charge in [0.15, 0.2) is 0 Å². The highest BCUT2D eigenvalue weighted by Crippen LogP contribution is 2.38. The first-order valence-electron chi connectivity index (χ1n) is 6.98. The summed E-state index contributed by atoms with van der Waals surface area (Å²) in [6.07, 6.45) is 0.437. The lowest BCUT2D eigenvalue weighted by Gasteiger charge is -2.06. The van der Waals surface area contributed by atoms with Gasteiger partial charge in [0.1, 0.15) is 0 Å². The predicted octanol–water partition coefficient (Wildman–Crippen LogP) is 0.483. The number of aromatic nitrogens is 2. The van der Waals surface area contributed by atoms with Crippen LogP contribution in [0, 0.1) is 25.7 Å². The maximum absolute atomic E-state index is 11.9. The van der Waals surface area contributed by atoms with Crippen LogP contribution in [0.1, 0.15) is 23.4 Å². The Morgan fingerprint density at radius 3 is 2.71 bits per heavy atom. The molecule has 0 radical (unpaired) electrons. The largest absolute Gasteiger partial charge is 0.481 e. The number of rotatable bonds is 7. The molecular formula is C14H21N3O4. The molecule has 1 aromatic heterocycles. The van der Waals surface area contributed by atoms with Crippen molar-refractivity contribution < 1.29 is 19.4 Å². The Bertz CT molecular complexity index is 553. The summed E-state index contributed by atoms with van der Waals surface area (Å²) in [5.41, 5.74) is 2.84. The van der Waals surface area contributed by atoms with Crippen molar-refractivity contribution in [3.05, 3.63) is 17.0 Å². The quantitative estimate of drug-likeness (QED) is 0.763. The Labute approximate surface area is 123 Å². The number of carbonyl (C=O) groups excluding carboxylic acids is 1. The summed E-state index contributed by atoms with van der Waals surface area (Å²) in [6, 6.07) is 0. The number of carboxylic acid groups (broad SMARTS) is 1. The molecule has 2 N–H and O–H groups in total. The maximum atomic E-state index is 11.9. The van der Waals surface area contributed by atoms with Gasteiger partial charge in [-0.2, -0.15) is 5.10 Å². The van der Waals surface area contributed by atoms with E-state index < -0.39 is 11.9 Å². The van der Waals surface area contributed by atoms with E-state index in [1.54, 1.807) is 7.11 Å². The highest BCUT2D eigenvalue weighted by molar-refractivity contribution is 5.89. The van der Waals surface area contributed by atoms with Gasteiger partial charge in [0, 0.05) is 24.9 Å². The standard InChI is InChI=1S/C14H21N3O4/c1-8-12(9(2)17(16-8)4-5-21-3)7-15-13(18)10-6-11(10)14(19)20/h10-11H,4-7H2,1-3H3,(H,15,18)(H,19,20)/t10-,11-/m1/s1. The fraction of sp³-hybridized carbons (Fsp3) is 0.643. The van der Waals surface area contributed by atoms with E-state index in [9.17, 15) is 9.59 Å². The van der Waals surface area contributed by atoms with E-state index >= 15 is 0 Å². The zero-order valence-electron chi connectivity index (χ0n) is 12.5. The second kappa shape index (κ2) is 6.26. The Balaban J connectivity index is 1.93. The van der Waals surface area contributed by atoms with Gasteiger partial charge >= 0.3 is 5.97 Å². The summed E-state index contributed by atoms with van der Waals surface area (Å²) in [6.45, 7) is 5.48. The Hall–Kier alpha value is -1.89. The zero-order valence-corrected chi connectivity index (χ0v) is 12.5. The average Bonchev–Trinajstić information content (AvgIpc) is 3.19. The lowest BCUT2D eigenvalue weighted by Crippen LogP contribution is -2.26. The van der Waals surface area contributed by atoms with E-state index in [-0.39, 0.29) is 11.8 Å². The number of hydrogen-bond acceptors (Lipinski definition) is 4. The fourth-order valence-electron chi connectivity index (χ4n) is 2.45. The van der Waals surface area contributed by atoms with Gasteiger partial charge in [-0.05, 0) is 20.3 Å². The SMILES string of the molecule is COCCn1nc(C)c(CNC(=O)[C@@H]2C[C@H]2C(=O)O)c1C. The van der Waals surface area contributed by atoms with Crippen molar-refractivity contribution in [2.45, 2.75) is 33.4 Å². The van der Waals surface area contributed by atoms with Crippen LogP contribution in [0.5, 0.6) is 0 Å². The highest BCUT2D eigenvalue weighted by atomic mass is 16.5. The molecule has 0 aliphatic heterocycles. The number of carbonyl (C=O) groups is 2. The molecule has 1 aromatic rings. The van der Waals surface area contributed by atoms with Gasteiger partial charge in [-0.3, -0.25) is 14.3 Å². The van der Waals surface area contributed by atoms with Crippen molar-refractivity contribution in [1.82, 2.24) is 15.1 Å². The average molecular weight is 295 g/mol.